The van der Waals surface area contributed by atoms with E-state index in [0.29, 0.717) is 38.3 Å². The predicted octanol–water partition coefficient (Wildman–Crippen LogP) is 3.48. The van der Waals surface area contributed by atoms with Crippen molar-refractivity contribution < 1.29 is 18.1 Å². The van der Waals surface area contributed by atoms with Crippen LogP contribution in [0.2, 0.25) is 5.02 Å². The third-order valence-corrected chi connectivity index (χ3v) is 5.65. The number of halogens is 4. The van der Waals surface area contributed by atoms with E-state index >= 15 is 0 Å². The van der Waals surface area contributed by atoms with Crippen LogP contribution in [0.4, 0.5) is 24.5 Å². The molecule has 2 saturated heterocycles. The number of hydrogen-bond acceptors (Lipinski definition) is 5. The fourth-order valence-corrected chi connectivity index (χ4v) is 4.20. The molecule has 1 aromatic rings. The monoisotopic (exact) mass is 406 g/mol. The van der Waals surface area contributed by atoms with Crippen LogP contribution in [0.25, 0.3) is 0 Å². The highest BCUT2D eigenvalue weighted by Crippen LogP contribution is 2.41. The molecule has 150 valence electrons. The van der Waals surface area contributed by atoms with Gasteiger partial charge in [-0.15, -0.1) is 0 Å². The summed E-state index contributed by atoms with van der Waals surface area (Å²) in [6.07, 6.45) is -2.47. The Labute approximate surface area is 160 Å². The number of hydrogen-bond donors (Lipinski definition) is 0. The Balaban J connectivity index is 1.77. The average Bonchev–Trinajstić information content (AvgIpc) is 2.60. The number of likely N-dealkylation sites (N-methyl/N-ethyl adjacent to an activating group) is 1. The number of piperazine rings is 1. The number of benzene rings is 1. The molecule has 10 heteroatoms. The first kappa shape index (κ1) is 20.2. The minimum Gasteiger partial charge on any atom is -0.363 e. The molecule has 1 atom stereocenters. The fourth-order valence-electron chi connectivity index (χ4n) is 3.93. The molecule has 2 aliphatic rings. The van der Waals surface area contributed by atoms with E-state index in [9.17, 15) is 23.3 Å². The molecule has 0 aliphatic carbocycles. The van der Waals surface area contributed by atoms with E-state index < -0.39 is 27.4 Å². The Bertz CT molecular complexity index is 708. The van der Waals surface area contributed by atoms with Crippen LogP contribution >= 0.6 is 11.6 Å². The molecule has 0 saturated carbocycles. The number of nitro groups is 1. The molecule has 0 amide bonds. The summed E-state index contributed by atoms with van der Waals surface area (Å²) in [4.78, 5) is 17.0. The largest absolute Gasteiger partial charge is 0.418 e. The van der Waals surface area contributed by atoms with E-state index in [0.717, 1.165) is 32.0 Å². The molecule has 0 radical (unpaired) electrons. The van der Waals surface area contributed by atoms with Crippen molar-refractivity contribution in [3.63, 3.8) is 0 Å². The van der Waals surface area contributed by atoms with Gasteiger partial charge in [-0.25, -0.2) is 0 Å². The van der Waals surface area contributed by atoms with Gasteiger partial charge in [-0.1, -0.05) is 11.6 Å². The van der Waals surface area contributed by atoms with Crippen LogP contribution in [0.15, 0.2) is 12.1 Å². The molecule has 2 fully saturated rings. The van der Waals surface area contributed by atoms with Crippen LogP contribution in [0.1, 0.15) is 18.4 Å². The van der Waals surface area contributed by atoms with Crippen LogP contribution in [0.5, 0.6) is 0 Å². The maximum atomic E-state index is 13.0. The normalized spacial score (nSPS) is 22.9. The molecule has 1 aromatic carbocycles. The molecule has 0 spiro atoms. The van der Waals surface area contributed by atoms with Gasteiger partial charge in [0.25, 0.3) is 5.69 Å². The first-order valence-corrected chi connectivity index (χ1v) is 9.27. The lowest BCUT2D eigenvalue weighted by Gasteiger charge is -2.43. The number of likely N-dealkylation sites (tertiary alicyclic amines) is 1. The van der Waals surface area contributed by atoms with E-state index in [4.69, 9.17) is 11.6 Å². The first-order valence-electron chi connectivity index (χ1n) is 8.89. The summed E-state index contributed by atoms with van der Waals surface area (Å²) < 4.78 is 39.1. The third-order valence-electron chi connectivity index (χ3n) is 5.34. The molecule has 6 nitrogen and oxygen atoms in total. The molecule has 3 rings (SSSR count). The summed E-state index contributed by atoms with van der Waals surface area (Å²) in [5, 5.41) is 10.8. The zero-order chi connectivity index (χ0) is 19.8. The van der Waals surface area contributed by atoms with Gasteiger partial charge < -0.3 is 9.80 Å². The van der Waals surface area contributed by atoms with Crippen molar-refractivity contribution in [1.82, 2.24) is 9.80 Å². The maximum absolute atomic E-state index is 13.0. The van der Waals surface area contributed by atoms with Gasteiger partial charge in [-0.3, -0.25) is 15.0 Å². The first-order chi connectivity index (χ1) is 12.7. The summed E-state index contributed by atoms with van der Waals surface area (Å²) in [6, 6.07) is 2.07. The second kappa shape index (κ2) is 7.81. The van der Waals surface area contributed by atoms with E-state index in [1.807, 2.05) is 0 Å². The van der Waals surface area contributed by atoms with Crippen molar-refractivity contribution in [2.75, 3.05) is 51.2 Å². The standard InChI is InChI=1S/C17H22ClF3N4O2/c1-22-4-2-3-12(11-22)23-5-7-24(8-6-23)15-10-14(18)13(17(19,20)21)9-16(15)25(26)27/h9-10,12H,2-8,11H2,1H3. The zero-order valence-electron chi connectivity index (χ0n) is 15.0. The van der Waals surface area contributed by atoms with Gasteiger partial charge in [-0.05, 0) is 32.5 Å². The van der Waals surface area contributed by atoms with E-state index in [1.165, 1.54) is 0 Å². The molecule has 0 bridgehead atoms. The third kappa shape index (κ3) is 4.47. The number of alkyl halides is 3. The Kier molecular flexibility index (Phi) is 5.83. The van der Waals surface area contributed by atoms with Gasteiger partial charge in [0.2, 0.25) is 0 Å². The lowest BCUT2D eigenvalue weighted by Crippen LogP contribution is -2.54. The second-order valence-corrected chi connectivity index (χ2v) is 7.56. The Hall–Kier alpha value is -1.58. The zero-order valence-corrected chi connectivity index (χ0v) is 15.8. The number of nitro benzene ring substituents is 1. The molecule has 2 heterocycles. The molecule has 27 heavy (non-hydrogen) atoms. The highest BCUT2D eigenvalue weighted by molar-refractivity contribution is 6.31. The molecule has 1 unspecified atom stereocenters. The van der Waals surface area contributed by atoms with Crippen molar-refractivity contribution in [2.24, 2.45) is 0 Å². The summed E-state index contributed by atoms with van der Waals surface area (Å²) in [5.41, 5.74) is -1.58. The van der Waals surface area contributed by atoms with E-state index in [1.54, 1.807) is 4.90 Å². The smallest absolute Gasteiger partial charge is 0.363 e. The minimum atomic E-state index is -4.73. The number of anilines is 1. The van der Waals surface area contributed by atoms with Crippen molar-refractivity contribution in [1.29, 1.82) is 0 Å². The summed E-state index contributed by atoms with van der Waals surface area (Å²) in [7, 11) is 2.09. The molecule has 2 aliphatic heterocycles. The van der Waals surface area contributed by atoms with Gasteiger partial charge in [-0.2, -0.15) is 13.2 Å². The van der Waals surface area contributed by atoms with Crippen LogP contribution in [-0.4, -0.2) is 67.1 Å². The van der Waals surface area contributed by atoms with Gasteiger partial charge in [0.1, 0.15) is 5.69 Å². The second-order valence-electron chi connectivity index (χ2n) is 7.16. The van der Waals surface area contributed by atoms with Crippen LogP contribution in [0, 0.1) is 10.1 Å². The average molecular weight is 407 g/mol. The number of rotatable bonds is 3. The topological polar surface area (TPSA) is 52.9 Å². The Morgan fingerprint density at radius 3 is 2.41 bits per heavy atom. The predicted molar refractivity (Wildman–Crippen MR) is 97.4 cm³/mol. The molecular weight excluding hydrogens is 385 g/mol. The summed E-state index contributed by atoms with van der Waals surface area (Å²) >= 11 is 5.79. The highest BCUT2D eigenvalue weighted by Gasteiger charge is 2.37. The molecule has 0 N–H and O–H groups in total. The van der Waals surface area contributed by atoms with Crippen LogP contribution in [-0.2, 0) is 6.18 Å². The lowest BCUT2D eigenvalue weighted by atomic mass is 10.0. The van der Waals surface area contributed by atoms with Crippen LogP contribution < -0.4 is 4.90 Å². The molecule has 0 aromatic heterocycles. The van der Waals surface area contributed by atoms with E-state index in [2.05, 4.69) is 16.8 Å². The quantitative estimate of drug-likeness (QED) is 0.568. The van der Waals surface area contributed by atoms with Gasteiger partial charge in [0.15, 0.2) is 0 Å². The highest BCUT2D eigenvalue weighted by atomic mass is 35.5. The number of nitrogens with zero attached hydrogens (tertiary/aromatic N) is 4. The summed E-state index contributed by atoms with van der Waals surface area (Å²) in [5.74, 6) is 0. The van der Waals surface area contributed by atoms with Crippen molar-refractivity contribution in [2.45, 2.75) is 25.1 Å². The van der Waals surface area contributed by atoms with Gasteiger partial charge in [0.05, 0.1) is 15.5 Å². The number of piperidine rings is 1. The van der Waals surface area contributed by atoms with E-state index in [-0.39, 0.29) is 5.69 Å². The Morgan fingerprint density at radius 1 is 1.19 bits per heavy atom. The van der Waals surface area contributed by atoms with Gasteiger partial charge >= 0.3 is 6.18 Å². The SMILES string of the molecule is CN1CCCC(N2CCN(c3cc(Cl)c(C(F)(F)F)cc3[N+](=O)[O-])CC2)C1. The van der Waals surface area contributed by atoms with Crippen molar-refractivity contribution in [3.8, 4) is 0 Å². The van der Waals surface area contributed by atoms with Crippen LogP contribution in [0.3, 0.4) is 0 Å². The molecular formula is C17H22ClF3N4O2. The minimum absolute atomic E-state index is 0.151. The maximum Gasteiger partial charge on any atom is 0.418 e. The van der Waals surface area contributed by atoms with Crippen molar-refractivity contribution in [3.05, 3.63) is 32.8 Å². The Morgan fingerprint density at radius 2 is 1.85 bits per heavy atom. The lowest BCUT2D eigenvalue weighted by molar-refractivity contribution is -0.384. The summed E-state index contributed by atoms with van der Waals surface area (Å²) in [6.45, 7) is 4.55. The fraction of sp³-hybridized carbons (Fsp3) is 0.647. The van der Waals surface area contributed by atoms with Gasteiger partial charge in [0, 0.05) is 44.8 Å². The van der Waals surface area contributed by atoms with Crippen molar-refractivity contribution >= 4 is 23.0 Å².